The van der Waals surface area contributed by atoms with Crippen LogP contribution in [0.5, 0.6) is 0 Å². The molecule has 0 aromatic heterocycles. The van der Waals surface area contributed by atoms with E-state index in [0.29, 0.717) is 18.9 Å². The topological polar surface area (TPSA) is 49.4 Å². The van der Waals surface area contributed by atoms with E-state index in [1.165, 1.54) is 0 Å². The van der Waals surface area contributed by atoms with E-state index in [-0.39, 0.29) is 17.9 Å². The molecule has 2 rings (SSSR count). The van der Waals surface area contributed by atoms with Gasteiger partial charge in [0.1, 0.15) is 5.54 Å². The van der Waals surface area contributed by atoms with Crippen LogP contribution in [-0.2, 0) is 9.59 Å². The Hall–Kier alpha value is -1.32. The molecule has 1 saturated heterocycles. The third kappa shape index (κ3) is 2.08. The van der Waals surface area contributed by atoms with Crippen LogP contribution < -0.4 is 5.32 Å². The summed E-state index contributed by atoms with van der Waals surface area (Å²) < 4.78 is 0. The number of hydrogen-bond donors (Lipinski definition) is 1. The first-order valence-electron chi connectivity index (χ1n) is 6.23. The van der Waals surface area contributed by atoms with Crippen molar-refractivity contribution < 1.29 is 9.59 Å². The van der Waals surface area contributed by atoms with Crippen LogP contribution in [0, 0.1) is 5.92 Å². The molecule has 0 aromatic carbocycles. The van der Waals surface area contributed by atoms with Gasteiger partial charge in [-0.15, -0.1) is 6.58 Å². The molecule has 4 heteroatoms. The summed E-state index contributed by atoms with van der Waals surface area (Å²) in [6.07, 6.45) is 4.19. The standard InChI is InChI=1S/C13H20N2O2/c1-4-9(2)15-8-7-11(16)14-13(3,12(15)17)10-5-6-10/h4,9-10H,1,5-8H2,2-3H3,(H,14,16). The van der Waals surface area contributed by atoms with Crippen LogP contribution in [0.4, 0.5) is 0 Å². The van der Waals surface area contributed by atoms with Crippen molar-refractivity contribution in [2.75, 3.05) is 6.54 Å². The van der Waals surface area contributed by atoms with E-state index >= 15 is 0 Å². The zero-order chi connectivity index (χ0) is 12.6. The van der Waals surface area contributed by atoms with Gasteiger partial charge in [0.05, 0.1) is 0 Å². The van der Waals surface area contributed by atoms with Crippen molar-refractivity contribution in [3.63, 3.8) is 0 Å². The molecule has 17 heavy (non-hydrogen) atoms. The van der Waals surface area contributed by atoms with Gasteiger partial charge in [-0.3, -0.25) is 9.59 Å². The van der Waals surface area contributed by atoms with Crippen molar-refractivity contribution in [1.82, 2.24) is 10.2 Å². The van der Waals surface area contributed by atoms with E-state index < -0.39 is 5.54 Å². The van der Waals surface area contributed by atoms with Gasteiger partial charge in [-0.1, -0.05) is 6.08 Å². The maximum Gasteiger partial charge on any atom is 0.248 e. The van der Waals surface area contributed by atoms with Crippen LogP contribution in [0.1, 0.15) is 33.1 Å². The lowest BCUT2D eigenvalue weighted by Crippen LogP contribution is -2.57. The summed E-state index contributed by atoms with van der Waals surface area (Å²) in [7, 11) is 0. The van der Waals surface area contributed by atoms with Crippen molar-refractivity contribution in [1.29, 1.82) is 0 Å². The summed E-state index contributed by atoms with van der Waals surface area (Å²) in [6, 6.07) is -0.0201. The van der Waals surface area contributed by atoms with E-state index in [1.54, 1.807) is 11.0 Å². The quantitative estimate of drug-likeness (QED) is 0.745. The maximum atomic E-state index is 12.6. The monoisotopic (exact) mass is 236 g/mol. The van der Waals surface area contributed by atoms with E-state index in [4.69, 9.17) is 0 Å². The zero-order valence-electron chi connectivity index (χ0n) is 10.5. The number of hydrogen-bond acceptors (Lipinski definition) is 2. The lowest BCUT2D eigenvalue weighted by Gasteiger charge is -2.34. The molecule has 0 bridgehead atoms. The average molecular weight is 236 g/mol. The Kier molecular flexibility index (Phi) is 2.98. The smallest absolute Gasteiger partial charge is 0.248 e. The maximum absolute atomic E-state index is 12.6. The fraction of sp³-hybridized carbons (Fsp3) is 0.692. The predicted molar refractivity (Wildman–Crippen MR) is 65.3 cm³/mol. The Morgan fingerprint density at radius 3 is 2.71 bits per heavy atom. The summed E-state index contributed by atoms with van der Waals surface area (Å²) in [6.45, 7) is 8.01. The van der Waals surface area contributed by atoms with Crippen LogP contribution in [0.25, 0.3) is 0 Å². The molecule has 2 atom stereocenters. The molecule has 1 aliphatic carbocycles. The largest absolute Gasteiger partial charge is 0.342 e. The third-order valence-corrected chi connectivity index (χ3v) is 3.91. The van der Waals surface area contributed by atoms with Gasteiger partial charge in [0.25, 0.3) is 0 Å². The minimum atomic E-state index is -0.704. The number of nitrogens with zero attached hydrogens (tertiary/aromatic N) is 1. The Morgan fingerprint density at radius 1 is 1.53 bits per heavy atom. The number of amides is 2. The summed E-state index contributed by atoms with van der Waals surface area (Å²) >= 11 is 0. The van der Waals surface area contributed by atoms with E-state index in [0.717, 1.165) is 12.8 Å². The second-order valence-electron chi connectivity index (χ2n) is 5.25. The highest BCUT2D eigenvalue weighted by Crippen LogP contribution is 2.41. The van der Waals surface area contributed by atoms with Crippen molar-refractivity contribution in [3.05, 3.63) is 12.7 Å². The Labute approximate surface area is 102 Å². The van der Waals surface area contributed by atoms with Crippen molar-refractivity contribution >= 4 is 11.8 Å². The lowest BCUT2D eigenvalue weighted by molar-refractivity contribution is -0.140. The molecule has 2 aliphatic rings. The fourth-order valence-corrected chi connectivity index (χ4v) is 2.48. The van der Waals surface area contributed by atoms with E-state index in [2.05, 4.69) is 11.9 Å². The highest BCUT2D eigenvalue weighted by Gasteiger charge is 2.51. The first-order valence-corrected chi connectivity index (χ1v) is 6.23. The Balaban J connectivity index is 2.28. The van der Waals surface area contributed by atoms with Crippen molar-refractivity contribution in [2.24, 2.45) is 5.92 Å². The van der Waals surface area contributed by atoms with Gasteiger partial charge in [-0.25, -0.2) is 0 Å². The van der Waals surface area contributed by atoms with Crippen LogP contribution >= 0.6 is 0 Å². The summed E-state index contributed by atoms with van der Waals surface area (Å²) in [4.78, 5) is 26.0. The molecule has 2 amide bonds. The van der Waals surface area contributed by atoms with Gasteiger partial charge >= 0.3 is 0 Å². The number of carbonyl (C=O) groups is 2. The Morgan fingerprint density at radius 2 is 2.18 bits per heavy atom. The third-order valence-electron chi connectivity index (χ3n) is 3.91. The van der Waals surface area contributed by atoms with Crippen molar-refractivity contribution in [3.8, 4) is 0 Å². The lowest BCUT2D eigenvalue weighted by atomic mass is 9.93. The molecule has 2 fully saturated rings. The first-order chi connectivity index (χ1) is 7.99. The van der Waals surface area contributed by atoms with E-state index in [9.17, 15) is 9.59 Å². The molecule has 0 aromatic rings. The number of nitrogens with one attached hydrogen (secondary N) is 1. The molecular formula is C13H20N2O2. The molecule has 0 radical (unpaired) electrons. The average Bonchev–Trinajstić information content (AvgIpc) is 3.11. The fourth-order valence-electron chi connectivity index (χ4n) is 2.48. The molecular weight excluding hydrogens is 216 g/mol. The molecule has 0 spiro atoms. The second-order valence-corrected chi connectivity index (χ2v) is 5.25. The number of rotatable bonds is 3. The van der Waals surface area contributed by atoms with Crippen LogP contribution in [-0.4, -0.2) is 34.8 Å². The minimum Gasteiger partial charge on any atom is -0.342 e. The summed E-state index contributed by atoms with van der Waals surface area (Å²) in [5.74, 6) is 0.321. The van der Waals surface area contributed by atoms with Gasteiger partial charge in [-0.2, -0.15) is 0 Å². The van der Waals surface area contributed by atoms with E-state index in [1.807, 2.05) is 13.8 Å². The van der Waals surface area contributed by atoms with Gasteiger partial charge in [0, 0.05) is 19.0 Å². The van der Waals surface area contributed by atoms with Gasteiger partial charge < -0.3 is 10.2 Å². The van der Waals surface area contributed by atoms with Crippen LogP contribution in [0.15, 0.2) is 12.7 Å². The Bertz CT molecular complexity index is 362. The normalized spacial score (nSPS) is 31.8. The van der Waals surface area contributed by atoms with Gasteiger partial charge in [0.2, 0.25) is 11.8 Å². The highest BCUT2D eigenvalue weighted by atomic mass is 16.2. The van der Waals surface area contributed by atoms with Crippen molar-refractivity contribution in [2.45, 2.75) is 44.7 Å². The molecule has 4 nitrogen and oxygen atoms in total. The van der Waals surface area contributed by atoms with Crippen LogP contribution in [0.3, 0.4) is 0 Å². The number of carbonyl (C=O) groups excluding carboxylic acids is 2. The van der Waals surface area contributed by atoms with Crippen LogP contribution in [0.2, 0.25) is 0 Å². The molecule has 94 valence electrons. The first kappa shape index (κ1) is 12.1. The van der Waals surface area contributed by atoms with Gasteiger partial charge in [0.15, 0.2) is 0 Å². The molecule has 1 saturated carbocycles. The summed E-state index contributed by atoms with van der Waals surface area (Å²) in [5.41, 5.74) is -0.704. The second kappa shape index (κ2) is 4.17. The molecule has 1 N–H and O–H groups in total. The minimum absolute atomic E-state index is 0.0201. The zero-order valence-corrected chi connectivity index (χ0v) is 10.5. The molecule has 1 heterocycles. The molecule has 2 unspecified atom stereocenters. The summed E-state index contributed by atoms with van der Waals surface area (Å²) in [5, 5.41) is 2.91. The highest BCUT2D eigenvalue weighted by molar-refractivity contribution is 5.94. The predicted octanol–water partition coefficient (Wildman–Crippen LogP) is 1.08. The SMILES string of the molecule is C=CC(C)N1CCC(=O)NC(C)(C2CC2)C1=O. The molecule has 1 aliphatic heterocycles. The van der Waals surface area contributed by atoms with Gasteiger partial charge in [-0.05, 0) is 32.6 Å².